The van der Waals surface area contributed by atoms with E-state index in [2.05, 4.69) is 42.4 Å². The van der Waals surface area contributed by atoms with E-state index in [1.807, 2.05) is 5.38 Å². The Hall–Kier alpha value is 0.280. The molecule has 90 valence electrons. The molecule has 1 aliphatic carbocycles. The quantitative estimate of drug-likeness (QED) is 0.684. The van der Waals surface area contributed by atoms with E-state index in [-0.39, 0.29) is 0 Å². The molecule has 0 amide bonds. The van der Waals surface area contributed by atoms with E-state index in [0.29, 0.717) is 11.1 Å². The average Bonchev–Trinajstić information content (AvgIpc) is 2.94. The molecule has 1 atom stereocenters. The summed E-state index contributed by atoms with van der Waals surface area (Å²) >= 11 is 9.92. The Bertz CT molecular complexity index is 524. The first-order chi connectivity index (χ1) is 8.28. The highest BCUT2D eigenvalue weighted by Crippen LogP contribution is 2.37. The number of hydrogen-bond donors (Lipinski definition) is 0. The Balaban J connectivity index is 1.89. The van der Waals surface area contributed by atoms with Gasteiger partial charge in [0.1, 0.15) is 5.15 Å². The minimum atomic E-state index is 0.539. The molecule has 0 saturated carbocycles. The summed E-state index contributed by atoms with van der Waals surface area (Å²) in [6.07, 6.45) is 5.59. The zero-order valence-electron chi connectivity index (χ0n) is 8.90. The smallest absolute Gasteiger partial charge is 0.140 e. The van der Waals surface area contributed by atoms with Crippen LogP contribution in [-0.2, 0) is 12.8 Å². The molecule has 2 heterocycles. The maximum atomic E-state index is 5.91. The van der Waals surface area contributed by atoms with Gasteiger partial charge in [-0.25, -0.2) is 4.98 Å². The molecule has 2 nitrogen and oxygen atoms in total. The first kappa shape index (κ1) is 12.3. The van der Waals surface area contributed by atoms with Crippen molar-refractivity contribution in [3.63, 3.8) is 0 Å². The van der Waals surface area contributed by atoms with Crippen LogP contribution in [0, 0.1) is 0 Å². The van der Waals surface area contributed by atoms with Crippen LogP contribution in [0.5, 0.6) is 0 Å². The summed E-state index contributed by atoms with van der Waals surface area (Å²) in [6, 6.07) is 2.24. The summed E-state index contributed by atoms with van der Waals surface area (Å²) in [5, 5.41) is 3.75. The van der Waals surface area contributed by atoms with E-state index in [0.717, 1.165) is 12.8 Å². The third kappa shape index (κ3) is 2.39. The fraction of sp³-hybridized carbons (Fsp3) is 0.364. The number of nitrogens with zero attached hydrogens (tertiary/aromatic N) is 2. The highest BCUT2D eigenvalue weighted by Gasteiger charge is 2.25. The molecular formula is C11H10ClIN2S2. The average molecular weight is 397 g/mol. The van der Waals surface area contributed by atoms with Crippen molar-refractivity contribution in [3.8, 4) is 0 Å². The standard InChI is InChI=1S/C11H10ClIN2S2/c12-10-6-16-11(14-10)8-2-1-7-3-4-15(17-13)9(7)5-8/h3-4,6,8H,1-2,5H2. The molecule has 1 aliphatic rings. The van der Waals surface area contributed by atoms with Gasteiger partial charge in [-0.3, -0.25) is 3.97 Å². The van der Waals surface area contributed by atoms with Gasteiger partial charge in [0.15, 0.2) is 0 Å². The molecular weight excluding hydrogens is 387 g/mol. The number of aryl methyl sites for hydroxylation is 1. The lowest BCUT2D eigenvalue weighted by molar-refractivity contribution is 0.573. The van der Waals surface area contributed by atoms with Crippen molar-refractivity contribution in [1.82, 2.24) is 8.96 Å². The molecule has 3 rings (SSSR count). The summed E-state index contributed by atoms with van der Waals surface area (Å²) in [5.41, 5.74) is 2.94. The second kappa shape index (κ2) is 5.11. The number of fused-ring (bicyclic) bond motifs is 1. The predicted molar refractivity (Wildman–Crippen MR) is 83.3 cm³/mol. The first-order valence-electron chi connectivity index (χ1n) is 5.37. The third-order valence-corrected chi connectivity index (χ3v) is 6.26. The van der Waals surface area contributed by atoms with Crippen molar-refractivity contribution in [2.75, 3.05) is 0 Å². The minimum Gasteiger partial charge on any atom is -0.287 e. The Morgan fingerprint density at radius 2 is 2.47 bits per heavy atom. The largest absolute Gasteiger partial charge is 0.287 e. The monoisotopic (exact) mass is 396 g/mol. The van der Waals surface area contributed by atoms with Gasteiger partial charge >= 0.3 is 0 Å². The van der Waals surface area contributed by atoms with Crippen LogP contribution >= 0.6 is 53.3 Å². The Labute approximate surface area is 125 Å². The number of thiazole rings is 1. The zero-order chi connectivity index (χ0) is 11.8. The third-order valence-electron chi connectivity index (χ3n) is 3.17. The van der Waals surface area contributed by atoms with Crippen molar-refractivity contribution in [1.29, 1.82) is 0 Å². The molecule has 0 N–H and O–H groups in total. The van der Waals surface area contributed by atoms with Crippen molar-refractivity contribution in [2.45, 2.75) is 25.2 Å². The normalized spacial score (nSPS) is 19.3. The van der Waals surface area contributed by atoms with E-state index in [1.54, 1.807) is 20.5 Å². The molecule has 0 fully saturated rings. The van der Waals surface area contributed by atoms with Crippen LogP contribution < -0.4 is 0 Å². The van der Waals surface area contributed by atoms with E-state index in [1.165, 1.54) is 22.7 Å². The van der Waals surface area contributed by atoms with E-state index in [4.69, 9.17) is 11.6 Å². The second-order valence-corrected chi connectivity index (χ2v) is 7.12. The van der Waals surface area contributed by atoms with Gasteiger partial charge in [-0.2, -0.15) is 0 Å². The van der Waals surface area contributed by atoms with Gasteiger partial charge in [0, 0.05) is 53.5 Å². The Kier molecular flexibility index (Phi) is 3.70. The van der Waals surface area contributed by atoms with Crippen LogP contribution in [-0.4, -0.2) is 8.96 Å². The van der Waals surface area contributed by atoms with E-state index >= 15 is 0 Å². The lowest BCUT2D eigenvalue weighted by Gasteiger charge is -2.21. The molecule has 17 heavy (non-hydrogen) atoms. The summed E-state index contributed by atoms with van der Waals surface area (Å²) in [7, 11) is 1.74. The molecule has 0 saturated heterocycles. The van der Waals surface area contributed by atoms with Crippen molar-refractivity contribution < 1.29 is 0 Å². The second-order valence-electron chi connectivity index (χ2n) is 4.13. The van der Waals surface area contributed by atoms with Crippen LogP contribution in [0.15, 0.2) is 17.6 Å². The van der Waals surface area contributed by atoms with Crippen molar-refractivity contribution in [3.05, 3.63) is 39.1 Å². The Morgan fingerprint density at radius 1 is 1.59 bits per heavy atom. The molecule has 0 radical (unpaired) electrons. The van der Waals surface area contributed by atoms with Gasteiger partial charge in [0.2, 0.25) is 0 Å². The summed E-state index contributed by atoms with van der Waals surface area (Å²) in [4.78, 5) is 4.41. The van der Waals surface area contributed by atoms with Crippen LogP contribution in [0.2, 0.25) is 5.15 Å². The van der Waals surface area contributed by atoms with Crippen LogP contribution in [0.3, 0.4) is 0 Å². The lowest BCUT2D eigenvalue weighted by atomic mass is 9.88. The van der Waals surface area contributed by atoms with E-state index < -0.39 is 0 Å². The molecule has 0 bridgehead atoms. The fourth-order valence-corrected chi connectivity index (χ4v) is 4.91. The number of hydrogen-bond acceptors (Lipinski definition) is 3. The maximum Gasteiger partial charge on any atom is 0.140 e. The van der Waals surface area contributed by atoms with Crippen LogP contribution in [0.25, 0.3) is 0 Å². The first-order valence-corrected chi connectivity index (χ1v) is 9.94. The number of rotatable bonds is 2. The van der Waals surface area contributed by atoms with Gasteiger partial charge in [0.05, 0.1) is 5.01 Å². The van der Waals surface area contributed by atoms with Crippen LogP contribution in [0.1, 0.15) is 28.6 Å². The zero-order valence-corrected chi connectivity index (χ0v) is 13.4. The molecule has 0 aromatic carbocycles. The number of halogens is 2. The van der Waals surface area contributed by atoms with Crippen molar-refractivity contribution >= 4 is 53.3 Å². The maximum absolute atomic E-state index is 5.91. The minimum absolute atomic E-state index is 0.539. The Morgan fingerprint density at radius 3 is 3.18 bits per heavy atom. The SMILES string of the molecule is Clc1csc(C2CCc3ccn(SI)c3C2)n1. The van der Waals surface area contributed by atoms with Crippen molar-refractivity contribution in [2.24, 2.45) is 0 Å². The van der Waals surface area contributed by atoms with Gasteiger partial charge < -0.3 is 0 Å². The molecule has 0 spiro atoms. The highest BCUT2D eigenvalue weighted by atomic mass is 127. The predicted octanol–water partition coefficient (Wildman–Crippen LogP) is 4.72. The summed E-state index contributed by atoms with van der Waals surface area (Å²) in [5.74, 6) is 0.539. The van der Waals surface area contributed by atoms with Gasteiger partial charge in [0.25, 0.3) is 0 Å². The van der Waals surface area contributed by atoms with Gasteiger partial charge in [-0.1, -0.05) is 11.6 Å². The van der Waals surface area contributed by atoms with E-state index in [9.17, 15) is 0 Å². The fourth-order valence-electron chi connectivity index (χ4n) is 2.33. The van der Waals surface area contributed by atoms with Gasteiger partial charge in [-0.15, -0.1) is 11.3 Å². The highest BCUT2D eigenvalue weighted by molar-refractivity contribution is 14.2. The molecule has 0 aliphatic heterocycles. The number of aromatic nitrogens is 2. The molecule has 2 aromatic rings. The molecule has 1 unspecified atom stereocenters. The molecule has 6 heteroatoms. The summed E-state index contributed by atoms with van der Waals surface area (Å²) in [6.45, 7) is 0. The molecule has 2 aromatic heterocycles. The topological polar surface area (TPSA) is 17.8 Å². The lowest BCUT2D eigenvalue weighted by Crippen LogP contribution is -2.13. The van der Waals surface area contributed by atoms with Crippen LogP contribution in [0.4, 0.5) is 0 Å². The summed E-state index contributed by atoms with van der Waals surface area (Å²) < 4.78 is 2.26. The van der Waals surface area contributed by atoms with Gasteiger partial charge in [-0.05, 0) is 30.9 Å².